The van der Waals surface area contributed by atoms with Crippen LogP contribution in [0.1, 0.15) is 18.1 Å². The van der Waals surface area contributed by atoms with Crippen LogP contribution in [0, 0.1) is 11.6 Å². The fourth-order valence-electron chi connectivity index (χ4n) is 2.75. The number of carbonyl (C=O) groups is 1. The van der Waals surface area contributed by atoms with Gasteiger partial charge in [-0.05, 0) is 43.2 Å². The van der Waals surface area contributed by atoms with Crippen molar-refractivity contribution in [2.45, 2.75) is 19.9 Å². The Morgan fingerprint density at radius 1 is 1.15 bits per heavy atom. The quantitative estimate of drug-likeness (QED) is 0.713. The average Bonchev–Trinajstić information content (AvgIpc) is 2.63. The molecule has 0 aliphatic rings. The molecule has 6 heteroatoms. The molecule has 0 aliphatic heterocycles. The van der Waals surface area contributed by atoms with Crippen molar-refractivity contribution in [3.05, 3.63) is 65.2 Å². The first-order valence-corrected chi connectivity index (χ1v) is 8.69. The summed E-state index contributed by atoms with van der Waals surface area (Å²) in [5.41, 5.74) is 1.39. The van der Waals surface area contributed by atoms with Gasteiger partial charge in [0.2, 0.25) is 0 Å². The number of halogens is 2. The van der Waals surface area contributed by atoms with Gasteiger partial charge in [0.05, 0.1) is 13.7 Å². The third-order valence-corrected chi connectivity index (χ3v) is 4.26. The standard InChI is InChI=1S/C20H24F2N2O2/c1-3-24(13-15-8-9-19(26-2)18(22)12-15)14-20(25)23-11-10-16-6-4-5-7-17(16)21/h4-9,12H,3,10-11,13-14H2,1-2H3,(H,23,25)/p+1. The second kappa shape index (κ2) is 9.87. The first-order chi connectivity index (χ1) is 12.5. The van der Waals surface area contributed by atoms with Gasteiger partial charge in [-0.15, -0.1) is 0 Å². The third-order valence-electron chi connectivity index (χ3n) is 4.26. The van der Waals surface area contributed by atoms with Crippen molar-refractivity contribution >= 4 is 5.91 Å². The lowest BCUT2D eigenvalue weighted by Crippen LogP contribution is -3.11. The predicted octanol–water partition coefficient (Wildman–Crippen LogP) is 1.74. The van der Waals surface area contributed by atoms with E-state index in [1.165, 1.54) is 19.2 Å². The fraction of sp³-hybridized carbons (Fsp3) is 0.350. The van der Waals surface area contributed by atoms with E-state index in [-0.39, 0.29) is 24.0 Å². The molecular weight excluding hydrogens is 338 g/mol. The molecule has 0 fully saturated rings. The molecule has 2 aromatic rings. The number of hydrogen-bond acceptors (Lipinski definition) is 2. The second-order valence-electron chi connectivity index (χ2n) is 6.12. The highest BCUT2D eigenvalue weighted by atomic mass is 19.1. The van der Waals surface area contributed by atoms with Gasteiger partial charge in [-0.25, -0.2) is 8.78 Å². The van der Waals surface area contributed by atoms with Crippen LogP contribution in [0.2, 0.25) is 0 Å². The molecule has 1 unspecified atom stereocenters. The Morgan fingerprint density at radius 3 is 2.58 bits per heavy atom. The Morgan fingerprint density at radius 2 is 1.92 bits per heavy atom. The number of hydrogen-bond donors (Lipinski definition) is 2. The van der Waals surface area contributed by atoms with E-state index in [9.17, 15) is 13.6 Å². The minimum absolute atomic E-state index is 0.104. The van der Waals surface area contributed by atoms with Crippen LogP contribution >= 0.6 is 0 Å². The number of ether oxygens (including phenoxy) is 1. The number of quaternary nitrogens is 1. The zero-order valence-corrected chi connectivity index (χ0v) is 15.1. The van der Waals surface area contributed by atoms with Crippen molar-refractivity contribution in [2.24, 2.45) is 0 Å². The van der Waals surface area contributed by atoms with Gasteiger partial charge in [0.1, 0.15) is 12.4 Å². The van der Waals surface area contributed by atoms with Crippen LogP contribution in [0.3, 0.4) is 0 Å². The Labute approximate surface area is 152 Å². The van der Waals surface area contributed by atoms with Gasteiger partial charge >= 0.3 is 0 Å². The minimum atomic E-state index is -0.408. The first kappa shape index (κ1) is 19.8. The lowest BCUT2D eigenvalue weighted by molar-refractivity contribution is -0.904. The van der Waals surface area contributed by atoms with Crippen LogP contribution in [-0.2, 0) is 17.8 Å². The van der Waals surface area contributed by atoms with E-state index in [1.54, 1.807) is 30.3 Å². The topological polar surface area (TPSA) is 42.8 Å². The third kappa shape index (κ3) is 5.81. The molecule has 0 heterocycles. The van der Waals surface area contributed by atoms with Gasteiger partial charge in [0, 0.05) is 12.1 Å². The zero-order chi connectivity index (χ0) is 18.9. The molecule has 0 radical (unpaired) electrons. The SMILES string of the molecule is CC[NH+](CC(=O)NCCc1ccccc1F)Cc1ccc(OC)c(F)c1. The maximum absolute atomic E-state index is 13.8. The normalized spacial score (nSPS) is 11.8. The molecule has 0 spiro atoms. The highest BCUT2D eigenvalue weighted by Crippen LogP contribution is 2.17. The van der Waals surface area contributed by atoms with Gasteiger partial charge in [-0.3, -0.25) is 4.79 Å². The number of nitrogens with one attached hydrogen (secondary N) is 2. The predicted molar refractivity (Wildman–Crippen MR) is 96.1 cm³/mol. The molecule has 2 rings (SSSR count). The van der Waals surface area contributed by atoms with Gasteiger partial charge in [-0.2, -0.15) is 0 Å². The summed E-state index contributed by atoms with van der Waals surface area (Å²) in [6.07, 6.45) is 0.448. The molecule has 0 bridgehead atoms. The zero-order valence-electron chi connectivity index (χ0n) is 15.1. The van der Waals surface area contributed by atoms with Gasteiger partial charge in [0.25, 0.3) is 5.91 Å². The number of amides is 1. The summed E-state index contributed by atoms with van der Waals surface area (Å²) in [6, 6.07) is 11.4. The first-order valence-electron chi connectivity index (χ1n) is 8.69. The molecule has 4 nitrogen and oxygen atoms in total. The summed E-state index contributed by atoms with van der Waals surface area (Å²) in [6.45, 7) is 3.91. The van der Waals surface area contributed by atoms with E-state index < -0.39 is 5.82 Å². The molecule has 0 saturated heterocycles. The van der Waals surface area contributed by atoms with Crippen molar-refractivity contribution < 1.29 is 23.2 Å². The van der Waals surface area contributed by atoms with E-state index in [1.807, 2.05) is 6.92 Å². The number of methoxy groups -OCH3 is 1. The number of benzene rings is 2. The van der Waals surface area contributed by atoms with Gasteiger partial charge in [0.15, 0.2) is 18.1 Å². The fourth-order valence-corrected chi connectivity index (χ4v) is 2.75. The average molecular weight is 363 g/mol. The lowest BCUT2D eigenvalue weighted by atomic mass is 10.1. The van der Waals surface area contributed by atoms with Gasteiger partial charge < -0.3 is 15.0 Å². The molecule has 1 amide bonds. The summed E-state index contributed by atoms with van der Waals surface area (Å²) in [4.78, 5) is 13.1. The molecule has 1 atom stereocenters. The largest absolute Gasteiger partial charge is 0.494 e. The van der Waals surface area contributed by atoms with E-state index in [0.29, 0.717) is 25.1 Å². The Bertz CT molecular complexity index is 738. The molecule has 2 aromatic carbocycles. The summed E-state index contributed by atoms with van der Waals surface area (Å²) in [5.74, 6) is -0.566. The van der Waals surface area contributed by atoms with Crippen molar-refractivity contribution in [2.75, 3.05) is 26.7 Å². The number of rotatable bonds is 9. The van der Waals surface area contributed by atoms with Crippen LogP contribution < -0.4 is 15.0 Å². The molecule has 0 saturated carbocycles. The number of likely N-dealkylation sites (N-methyl/N-ethyl adjacent to an activating group) is 1. The number of carbonyl (C=O) groups excluding carboxylic acids is 1. The maximum Gasteiger partial charge on any atom is 0.275 e. The second-order valence-corrected chi connectivity index (χ2v) is 6.12. The molecular formula is C20H25F2N2O2+. The summed E-state index contributed by atoms with van der Waals surface area (Å²) in [7, 11) is 1.42. The highest BCUT2D eigenvalue weighted by Gasteiger charge is 2.14. The summed E-state index contributed by atoms with van der Waals surface area (Å²) < 4.78 is 32.2. The van der Waals surface area contributed by atoms with Crippen molar-refractivity contribution in [1.82, 2.24) is 5.32 Å². The van der Waals surface area contributed by atoms with Crippen LogP contribution in [0.15, 0.2) is 42.5 Å². The molecule has 26 heavy (non-hydrogen) atoms. The Kier molecular flexibility index (Phi) is 7.53. The van der Waals surface area contributed by atoms with Crippen LogP contribution in [-0.4, -0.2) is 32.7 Å². The van der Waals surface area contributed by atoms with Crippen LogP contribution in [0.25, 0.3) is 0 Å². The van der Waals surface area contributed by atoms with Crippen molar-refractivity contribution in [3.8, 4) is 5.75 Å². The molecule has 0 aromatic heterocycles. The molecule has 140 valence electrons. The van der Waals surface area contributed by atoms with Crippen molar-refractivity contribution in [3.63, 3.8) is 0 Å². The lowest BCUT2D eigenvalue weighted by Gasteiger charge is -2.17. The Hall–Kier alpha value is -2.47. The van der Waals surface area contributed by atoms with E-state index in [2.05, 4.69) is 5.32 Å². The minimum Gasteiger partial charge on any atom is -0.494 e. The van der Waals surface area contributed by atoms with E-state index in [0.717, 1.165) is 17.0 Å². The van der Waals surface area contributed by atoms with E-state index >= 15 is 0 Å². The molecule has 0 aliphatic carbocycles. The monoisotopic (exact) mass is 363 g/mol. The van der Waals surface area contributed by atoms with Crippen molar-refractivity contribution in [1.29, 1.82) is 0 Å². The van der Waals surface area contributed by atoms with Crippen LogP contribution in [0.5, 0.6) is 5.75 Å². The van der Waals surface area contributed by atoms with E-state index in [4.69, 9.17) is 4.74 Å². The molecule has 2 N–H and O–H groups in total. The van der Waals surface area contributed by atoms with Crippen LogP contribution in [0.4, 0.5) is 8.78 Å². The summed E-state index contributed by atoms with van der Waals surface area (Å²) >= 11 is 0. The maximum atomic E-state index is 13.8. The Balaban J connectivity index is 1.82. The summed E-state index contributed by atoms with van der Waals surface area (Å²) in [5, 5.41) is 2.82. The smallest absolute Gasteiger partial charge is 0.275 e. The van der Waals surface area contributed by atoms with Gasteiger partial charge in [-0.1, -0.05) is 18.2 Å². The highest BCUT2D eigenvalue weighted by molar-refractivity contribution is 5.76.